The molecule has 6 heteroatoms. The van der Waals surface area contributed by atoms with E-state index in [1.807, 2.05) is 86.0 Å². The van der Waals surface area contributed by atoms with Crippen molar-refractivity contribution in [1.29, 1.82) is 0 Å². The van der Waals surface area contributed by atoms with E-state index < -0.39 is 5.41 Å². The summed E-state index contributed by atoms with van der Waals surface area (Å²) in [4.78, 5) is 44.6. The van der Waals surface area contributed by atoms with Crippen LogP contribution in [-0.4, -0.2) is 34.6 Å². The van der Waals surface area contributed by atoms with Crippen molar-refractivity contribution in [2.24, 2.45) is 0 Å². The maximum atomic E-state index is 13.9. The Labute approximate surface area is 198 Å². The Kier molecular flexibility index (Phi) is 6.47. The van der Waals surface area contributed by atoms with Gasteiger partial charge in [0, 0.05) is 24.8 Å². The number of rotatable bonds is 7. The Hall–Kier alpha value is -3.25. The normalized spacial score (nSPS) is 19.1. The molecule has 4 rings (SSSR count). The Morgan fingerprint density at radius 1 is 1.06 bits per heavy atom. The first kappa shape index (κ1) is 22.9. The van der Waals surface area contributed by atoms with Crippen molar-refractivity contribution in [3.8, 4) is 0 Å². The highest BCUT2D eigenvalue weighted by Crippen LogP contribution is 2.42. The molecule has 170 valence electrons. The van der Waals surface area contributed by atoms with E-state index in [1.165, 1.54) is 4.90 Å². The van der Waals surface area contributed by atoms with Crippen LogP contribution >= 0.6 is 11.3 Å². The molecule has 2 aromatic carbocycles. The minimum absolute atomic E-state index is 0.00349. The predicted octanol–water partition coefficient (Wildman–Crippen LogP) is 4.86. The van der Waals surface area contributed by atoms with E-state index in [-0.39, 0.29) is 43.1 Å². The molecule has 2 heterocycles. The monoisotopic (exact) mass is 460 g/mol. The van der Waals surface area contributed by atoms with Gasteiger partial charge in [-0.1, -0.05) is 60.7 Å². The third-order valence-corrected chi connectivity index (χ3v) is 7.68. The maximum absolute atomic E-state index is 13.9. The van der Waals surface area contributed by atoms with Gasteiger partial charge in [0.25, 0.3) is 0 Å². The molecule has 0 spiro atoms. The number of amides is 3. The van der Waals surface area contributed by atoms with Crippen LogP contribution in [0.25, 0.3) is 0 Å². The summed E-state index contributed by atoms with van der Waals surface area (Å²) in [6.45, 7) is 4.12. The fraction of sp³-hybridized carbons (Fsp3) is 0.296. The fourth-order valence-electron chi connectivity index (χ4n) is 4.60. The molecule has 0 N–H and O–H groups in total. The standard InChI is InChI=1S/C27H28N2O3S/c1-19-10-7-8-13-22(19)27(16-24(30)28(3)20(2)23-14-9-15-33-23)17-25(31)29(26(27)32)18-21-11-5-4-6-12-21/h4-15,20H,16-18H2,1-3H3. The number of carbonyl (C=O) groups excluding carboxylic acids is 3. The van der Waals surface area contributed by atoms with Crippen LogP contribution in [0, 0.1) is 6.92 Å². The lowest BCUT2D eigenvalue weighted by Gasteiger charge is -2.32. The molecular formula is C27H28N2O3S. The van der Waals surface area contributed by atoms with Crippen molar-refractivity contribution in [1.82, 2.24) is 9.80 Å². The molecule has 2 atom stereocenters. The SMILES string of the molecule is Cc1ccccc1C1(CC(=O)N(C)C(C)c2cccs2)CC(=O)N(Cc2ccccc2)C1=O. The van der Waals surface area contributed by atoms with Gasteiger partial charge in [-0.2, -0.15) is 0 Å². The number of thiophene rings is 1. The molecule has 0 radical (unpaired) electrons. The van der Waals surface area contributed by atoms with Gasteiger partial charge in [-0.15, -0.1) is 11.3 Å². The molecule has 0 bridgehead atoms. The highest BCUT2D eigenvalue weighted by atomic mass is 32.1. The van der Waals surface area contributed by atoms with E-state index in [4.69, 9.17) is 0 Å². The summed E-state index contributed by atoms with van der Waals surface area (Å²) < 4.78 is 0. The molecule has 3 aromatic rings. The number of hydrogen-bond donors (Lipinski definition) is 0. The Morgan fingerprint density at radius 3 is 2.42 bits per heavy atom. The average molecular weight is 461 g/mol. The van der Waals surface area contributed by atoms with Gasteiger partial charge in [-0.05, 0) is 42.0 Å². The van der Waals surface area contributed by atoms with E-state index in [9.17, 15) is 14.4 Å². The van der Waals surface area contributed by atoms with Crippen molar-refractivity contribution in [2.45, 2.75) is 44.7 Å². The number of likely N-dealkylation sites (tertiary alicyclic amines) is 1. The van der Waals surface area contributed by atoms with E-state index in [1.54, 1.807) is 23.3 Å². The summed E-state index contributed by atoms with van der Waals surface area (Å²) in [5.41, 5.74) is 1.35. The minimum Gasteiger partial charge on any atom is -0.338 e. The number of aryl methyl sites for hydroxylation is 1. The Bertz CT molecular complexity index is 1160. The third-order valence-electron chi connectivity index (χ3n) is 6.64. The zero-order valence-corrected chi connectivity index (χ0v) is 20.0. The topological polar surface area (TPSA) is 57.7 Å². The summed E-state index contributed by atoms with van der Waals surface area (Å²) >= 11 is 1.60. The lowest BCUT2D eigenvalue weighted by atomic mass is 9.74. The first-order chi connectivity index (χ1) is 15.8. The molecule has 0 aliphatic carbocycles. The lowest BCUT2D eigenvalue weighted by molar-refractivity contribution is -0.143. The molecule has 1 aliphatic rings. The molecular weight excluding hydrogens is 432 g/mol. The predicted molar refractivity (Wildman–Crippen MR) is 130 cm³/mol. The smallest absolute Gasteiger partial charge is 0.241 e. The summed E-state index contributed by atoms with van der Waals surface area (Å²) in [5, 5.41) is 1.99. The maximum Gasteiger partial charge on any atom is 0.241 e. The van der Waals surface area contributed by atoms with Gasteiger partial charge in [0.2, 0.25) is 17.7 Å². The average Bonchev–Trinajstić information content (AvgIpc) is 3.43. The molecule has 0 saturated carbocycles. The molecule has 3 amide bonds. The first-order valence-electron chi connectivity index (χ1n) is 11.1. The van der Waals surface area contributed by atoms with Crippen molar-refractivity contribution in [2.75, 3.05) is 7.05 Å². The van der Waals surface area contributed by atoms with E-state index in [0.29, 0.717) is 0 Å². The molecule has 1 aliphatic heterocycles. The summed E-state index contributed by atoms with van der Waals surface area (Å²) in [5.74, 6) is -0.688. The van der Waals surface area contributed by atoms with Crippen LogP contribution in [-0.2, 0) is 26.3 Å². The van der Waals surface area contributed by atoms with Crippen LogP contribution in [0.4, 0.5) is 0 Å². The quantitative estimate of drug-likeness (QED) is 0.473. The Balaban J connectivity index is 1.68. The zero-order valence-electron chi connectivity index (χ0n) is 19.2. The van der Waals surface area contributed by atoms with Gasteiger partial charge in [-0.25, -0.2) is 0 Å². The number of carbonyl (C=O) groups is 3. The summed E-state index contributed by atoms with van der Waals surface area (Å²) in [6.07, 6.45) is -0.0452. The van der Waals surface area contributed by atoms with E-state index in [0.717, 1.165) is 21.6 Å². The second kappa shape index (κ2) is 9.32. The van der Waals surface area contributed by atoms with Gasteiger partial charge in [-0.3, -0.25) is 19.3 Å². The van der Waals surface area contributed by atoms with Crippen molar-refractivity contribution in [3.05, 3.63) is 93.7 Å². The molecule has 5 nitrogen and oxygen atoms in total. The largest absolute Gasteiger partial charge is 0.338 e. The Morgan fingerprint density at radius 2 is 1.76 bits per heavy atom. The van der Waals surface area contributed by atoms with Crippen LogP contribution in [0.15, 0.2) is 72.1 Å². The molecule has 1 saturated heterocycles. The van der Waals surface area contributed by atoms with Crippen molar-refractivity contribution < 1.29 is 14.4 Å². The van der Waals surface area contributed by atoms with Gasteiger partial charge in [0.1, 0.15) is 0 Å². The second-order valence-corrected chi connectivity index (χ2v) is 9.70. The second-order valence-electron chi connectivity index (χ2n) is 8.72. The summed E-state index contributed by atoms with van der Waals surface area (Å²) in [7, 11) is 1.77. The van der Waals surface area contributed by atoms with Crippen molar-refractivity contribution >= 4 is 29.1 Å². The highest BCUT2D eigenvalue weighted by molar-refractivity contribution is 7.10. The van der Waals surface area contributed by atoms with Gasteiger partial charge in [0.05, 0.1) is 18.0 Å². The van der Waals surface area contributed by atoms with Crippen molar-refractivity contribution in [3.63, 3.8) is 0 Å². The van der Waals surface area contributed by atoms with Crippen LogP contribution in [0.2, 0.25) is 0 Å². The third kappa shape index (κ3) is 4.35. The summed E-state index contributed by atoms with van der Waals surface area (Å²) in [6, 6.07) is 20.9. The first-order valence-corrected chi connectivity index (χ1v) is 12.0. The fourth-order valence-corrected chi connectivity index (χ4v) is 5.43. The van der Waals surface area contributed by atoms with Crippen LogP contribution in [0.5, 0.6) is 0 Å². The minimum atomic E-state index is -1.20. The van der Waals surface area contributed by atoms with E-state index >= 15 is 0 Å². The zero-order chi connectivity index (χ0) is 23.6. The number of hydrogen-bond acceptors (Lipinski definition) is 4. The van der Waals surface area contributed by atoms with Gasteiger partial charge >= 0.3 is 0 Å². The van der Waals surface area contributed by atoms with Gasteiger partial charge in [0.15, 0.2) is 0 Å². The molecule has 33 heavy (non-hydrogen) atoms. The van der Waals surface area contributed by atoms with Crippen LogP contribution < -0.4 is 0 Å². The number of imide groups is 1. The molecule has 1 fully saturated rings. The molecule has 1 aromatic heterocycles. The van der Waals surface area contributed by atoms with Gasteiger partial charge < -0.3 is 4.90 Å². The number of benzene rings is 2. The van der Waals surface area contributed by atoms with E-state index in [2.05, 4.69) is 0 Å². The molecule has 2 unspecified atom stereocenters. The lowest BCUT2D eigenvalue weighted by Crippen LogP contribution is -2.43. The highest BCUT2D eigenvalue weighted by Gasteiger charge is 2.54. The van der Waals surface area contributed by atoms with Crippen LogP contribution in [0.3, 0.4) is 0 Å². The van der Waals surface area contributed by atoms with Crippen LogP contribution in [0.1, 0.15) is 47.4 Å². The number of nitrogens with zero attached hydrogens (tertiary/aromatic N) is 2.